The average molecular weight is 1270 g/mol. The van der Waals surface area contributed by atoms with Crippen molar-refractivity contribution in [3.05, 3.63) is 292 Å². The fourth-order valence-corrected chi connectivity index (χ4v) is 9.15. The topological polar surface area (TPSA) is 4.44 Å². The van der Waals surface area contributed by atoms with Crippen molar-refractivity contribution in [2.45, 2.75) is 69.7 Å². The molecule has 0 unspecified atom stereocenters. The molecular weight excluding hydrogens is 1210 g/mol. The molecule has 0 aliphatic heterocycles. The summed E-state index contributed by atoms with van der Waals surface area (Å²) in [5, 5.41) is 0. The maximum atomic E-state index is 12.6. The molecule has 8 aromatic rings. The molecule has 1 aliphatic rings. The lowest BCUT2D eigenvalue weighted by Gasteiger charge is -2.13. The molecule has 17 heteroatoms. The van der Waals surface area contributed by atoms with Crippen LogP contribution in [-0.4, -0.2) is 37.6 Å². The quantitative estimate of drug-likeness (QED) is 0.0556. The Balaban J connectivity index is 0.000000509. The zero-order chi connectivity index (χ0) is 60.2. The molecular formula is C67H66B3F12IN. The molecule has 0 fully saturated rings. The van der Waals surface area contributed by atoms with Gasteiger partial charge in [-0.3, -0.25) is 0 Å². The number of rotatable bonds is 6. The zero-order valence-corrected chi connectivity index (χ0v) is 47.5. The van der Waals surface area contributed by atoms with Gasteiger partial charge in [0.25, 0.3) is 0 Å². The summed E-state index contributed by atoms with van der Waals surface area (Å²) < 4.78 is 154. The van der Waals surface area contributed by atoms with Crippen molar-refractivity contribution in [2.75, 3.05) is 14.1 Å². The lowest BCUT2D eigenvalue weighted by molar-refractivity contribution is -0.786. The molecule has 84 heavy (non-hydrogen) atoms. The molecule has 439 valence electrons. The summed E-state index contributed by atoms with van der Waals surface area (Å²) in [6, 6.07) is 49.6. The molecule has 0 aromatic heterocycles. The van der Waals surface area contributed by atoms with E-state index >= 15 is 0 Å². The molecule has 0 saturated heterocycles. The molecule has 0 atom stereocenters. The van der Waals surface area contributed by atoms with Crippen molar-refractivity contribution in [3.8, 4) is 0 Å². The largest absolute Gasteiger partial charge is 0.572 e. The number of halogens is 13. The van der Waals surface area contributed by atoms with E-state index in [1.54, 1.807) is 0 Å². The molecule has 0 saturated carbocycles. The minimum Gasteiger partial charge on any atom is -0.572 e. The summed E-state index contributed by atoms with van der Waals surface area (Å²) in [6.07, 6.45) is 10.5. The lowest BCUT2D eigenvalue weighted by Crippen LogP contribution is -3.61. The molecule has 0 spiro atoms. The van der Waals surface area contributed by atoms with Gasteiger partial charge in [-0.1, -0.05) is 121 Å². The van der Waals surface area contributed by atoms with E-state index in [4.69, 9.17) is 23.5 Å². The van der Waals surface area contributed by atoms with E-state index in [1.165, 1.54) is 51.1 Å². The molecule has 0 heterocycles. The summed E-state index contributed by atoms with van der Waals surface area (Å²) >= 11 is -0.0167. The normalized spacial score (nSPS) is 10.8. The fourth-order valence-electron chi connectivity index (χ4n) is 6.99. The SMILES string of the molecule is C.C.C.C1=C[CH+]C(=C(c2ccccc2)c2ccccc2)C=C1.C[NH+](C)c1ccccc1.Cc1ccc([I+]c2ccc(C(C)C)cc2)cc1.[B-]c1c(F)c(F)c(C)c(F)c1F.[B-]c1c(F)c(F)c(C)c(F)c1F.[B-]c1c(F)c(F)c(C)c(F)c1F. The second-order valence-corrected chi connectivity index (χ2v) is 21.3. The molecule has 1 N–H and O–H groups in total. The number of para-hydroxylation sites is 1. The van der Waals surface area contributed by atoms with Gasteiger partial charge >= 0.3 is 21.2 Å². The maximum absolute atomic E-state index is 12.6. The van der Waals surface area contributed by atoms with Crippen LogP contribution in [0.3, 0.4) is 0 Å². The van der Waals surface area contributed by atoms with Crippen molar-refractivity contribution in [1.82, 2.24) is 0 Å². The monoisotopic (exact) mass is 1270 g/mol. The average Bonchev–Trinajstić information content (AvgIpc) is 3.58. The third kappa shape index (κ3) is 20.6. The summed E-state index contributed by atoms with van der Waals surface area (Å²) in [4.78, 5) is 1.37. The van der Waals surface area contributed by atoms with Crippen LogP contribution in [0.15, 0.2) is 169 Å². The van der Waals surface area contributed by atoms with Crippen molar-refractivity contribution in [2.24, 2.45) is 0 Å². The molecule has 9 radical (unpaired) electrons. The highest BCUT2D eigenvalue weighted by molar-refractivity contribution is 6.33. The summed E-state index contributed by atoms with van der Waals surface area (Å²) in [5.74, 6) is -17.4. The van der Waals surface area contributed by atoms with Gasteiger partial charge in [0, 0.05) is 58.5 Å². The molecule has 8 aromatic carbocycles. The zero-order valence-electron chi connectivity index (χ0n) is 45.4. The van der Waals surface area contributed by atoms with Crippen LogP contribution in [0.25, 0.3) is 5.57 Å². The van der Waals surface area contributed by atoms with E-state index in [1.807, 2.05) is 6.07 Å². The van der Waals surface area contributed by atoms with E-state index in [2.05, 4.69) is 199 Å². The maximum Gasteiger partial charge on any atom is 0.357 e. The van der Waals surface area contributed by atoms with E-state index in [-0.39, 0.29) is 43.5 Å². The number of allylic oxidation sites excluding steroid dienone is 5. The number of quaternary nitrogens is 1. The number of aryl methyl sites for hydroxylation is 1. The summed E-state index contributed by atoms with van der Waals surface area (Å²) in [5.41, 5.74) is 3.62. The smallest absolute Gasteiger partial charge is 0.357 e. The second kappa shape index (κ2) is 35.9. The lowest BCUT2D eigenvalue weighted by atomic mass is 9.90. The van der Waals surface area contributed by atoms with Gasteiger partial charge < -0.3 is 28.4 Å². The highest BCUT2D eigenvalue weighted by Crippen LogP contribution is 2.30. The first-order valence-electron chi connectivity index (χ1n) is 24.7. The van der Waals surface area contributed by atoms with Gasteiger partial charge in [0.05, 0.1) is 19.7 Å². The first-order chi connectivity index (χ1) is 38.3. The van der Waals surface area contributed by atoms with Gasteiger partial charge in [-0.05, 0) is 99.8 Å². The predicted octanol–water partition coefficient (Wildman–Crippen LogP) is 12.5. The van der Waals surface area contributed by atoms with Crippen molar-refractivity contribution >= 4 is 51.2 Å². The Kier molecular flexibility index (Phi) is 32.0. The third-order valence-electron chi connectivity index (χ3n) is 11.9. The Labute approximate surface area is 502 Å². The molecule has 0 bridgehead atoms. The first kappa shape index (κ1) is 74.9. The van der Waals surface area contributed by atoms with E-state index in [0.717, 1.165) is 20.8 Å². The van der Waals surface area contributed by atoms with Crippen LogP contribution in [-0.2, 0) is 0 Å². The van der Waals surface area contributed by atoms with Crippen LogP contribution in [0.4, 0.5) is 58.4 Å². The molecule has 9 rings (SSSR count). The summed E-state index contributed by atoms with van der Waals surface area (Å²) in [6.45, 7) is 9.40. The highest BCUT2D eigenvalue weighted by atomic mass is 127. The second-order valence-electron chi connectivity index (χ2n) is 18.3. The Hall–Kier alpha value is -7.11. The van der Waals surface area contributed by atoms with Crippen molar-refractivity contribution < 1.29 is 78.8 Å². The van der Waals surface area contributed by atoms with Gasteiger partial charge in [-0.25, -0.2) is 69.1 Å². The third-order valence-corrected chi connectivity index (χ3v) is 14.5. The Bertz CT molecular complexity index is 2930. The van der Waals surface area contributed by atoms with Crippen LogP contribution in [0.2, 0.25) is 0 Å². The molecule has 0 amide bonds. The minimum absolute atomic E-state index is 0. The van der Waals surface area contributed by atoms with Crippen LogP contribution >= 0.6 is 0 Å². The molecule has 1 nitrogen and oxygen atoms in total. The van der Waals surface area contributed by atoms with Crippen molar-refractivity contribution in [1.29, 1.82) is 0 Å². The number of nitrogens with one attached hydrogen (secondary N) is 1. The Morgan fingerprint density at radius 1 is 0.417 bits per heavy atom. The Morgan fingerprint density at radius 2 is 0.726 bits per heavy atom. The van der Waals surface area contributed by atoms with Crippen LogP contribution in [0, 0.1) is 111 Å². The number of benzene rings is 8. The van der Waals surface area contributed by atoms with Gasteiger partial charge in [0.15, 0.2) is 42.0 Å². The van der Waals surface area contributed by atoms with Crippen LogP contribution in [0.1, 0.15) is 81.0 Å². The number of hydrogen-bond acceptors (Lipinski definition) is 0. The van der Waals surface area contributed by atoms with Gasteiger partial charge in [0.2, 0.25) is 0 Å². The minimum atomic E-state index is -1.55. The molecule has 1 aliphatic carbocycles. The highest BCUT2D eigenvalue weighted by Gasteiger charge is 2.19. The fraction of sp³-hybridized carbons (Fsp3) is 0.179. The van der Waals surface area contributed by atoms with Gasteiger partial charge in [-0.15, -0.1) is 0 Å². The van der Waals surface area contributed by atoms with Gasteiger partial charge in [0.1, 0.15) is 46.2 Å². The van der Waals surface area contributed by atoms with E-state index in [0.29, 0.717) is 5.92 Å². The van der Waals surface area contributed by atoms with E-state index < -0.39 is 103 Å². The van der Waals surface area contributed by atoms with Crippen LogP contribution < -0.4 is 42.5 Å². The first-order valence-corrected chi connectivity index (χ1v) is 26.9. The predicted molar refractivity (Wildman–Crippen MR) is 319 cm³/mol. The van der Waals surface area contributed by atoms with Gasteiger partial charge in [-0.2, -0.15) is 0 Å². The summed E-state index contributed by atoms with van der Waals surface area (Å²) in [7, 11) is 18.4. The van der Waals surface area contributed by atoms with Crippen molar-refractivity contribution in [3.63, 3.8) is 0 Å². The van der Waals surface area contributed by atoms with Crippen LogP contribution in [0.5, 0.6) is 0 Å². The van der Waals surface area contributed by atoms with E-state index in [9.17, 15) is 52.7 Å². The number of hydrogen-bond donors (Lipinski definition) is 1. The Morgan fingerprint density at radius 3 is 1.00 bits per heavy atom. The standard InChI is InChI=1S/C19H15.C16H18I.C8H11N.3C7H3BF4.3CH4/c1-4-10-16(11-5-1)19(17-12-6-2-7-13-17)18-14-8-3-9-15-18;1-12(2)14-6-10-16(11-7-14)17-15-8-4-13(3)5-9-15;1-9(2)8-6-4-3-5-7-8;3*1-2-4(9)6(11)3(8)7(12)5(2)10;;;/h1-15H;4-12H,1-3H3;3-7H,1-2H3;3*1H3;3*1H4/q2*+1;;3*-1;;;/p+1.